The van der Waals surface area contributed by atoms with E-state index in [1.165, 1.54) is 5.56 Å². The summed E-state index contributed by atoms with van der Waals surface area (Å²) in [6.07, 6.45) is 1.96. The minimum atomic E-state index is 0.365. The molecule has 0 unspecified atom stereocenters. The highest BCUT2D eigenvalue weighted by Gasteiger charge is 2.20. The zero-order valence-corrected chi connectivity index (χ0v) is 13.3. The number of benzene rings is 1. The highest BCUT2D eigenvalue weighted by atomic mass is 79.9. The van der Waals surface area contributed by atoms with Crippen LogP contribution in [0.3, 0.4) is 0 Å². The lowest BCUT2D eigenvalue weighted by atomic mass is 10.1. The smallest absolute Gasteiger partial charge is 0.209 e. The first-order chi connectivity index (χ1) is 9.83. The molecule has 1 fully saturated rings. The Morgan fingerprint density at radius 2 is 2.20 bits per heavy atom. The van der Waals surface area contributed by atoms with E-state index in [0.717, 1.165) is 41.4 Å². The highest BCUT2D eigenvalue weighted by Crippen LogP contribution is 2.27. The maximum Gasteiger partial charge on any atom is 0.209 e. The molecule has 3 rings (SSSR count). The summed E-state index contributed by atoms with van der Waals surface area (Å²) in [6.45, 7) is 1.58. The topological polar surface area (TPSA) is 52.8 Å². The Bertz CT molecular complexity index is 571. The van der Waals surface area contributed by atoms with Crippen LogP contribution in [0.1, 0.15) is 24.4 Å². The molecule has 5 nitrogen and oxygen atoms in total. The maximum absolute atomic E-state index is 5.39. The van der Waals surface area contributed by atoms with Crippen molar-refractivity contribution in [1.29, 1.82) is 0 Å². The average Bonchev–Trinajstić information content (AvgIpc) is 2.95. The molecule has 0 aliphatic carbocycles. The average molecular weight is 355 g/mol. The van der Waals surface area contributed by atoms with Crippen molar-refractivity contribution in [2.45, 2.75) is 29.8 Å². The number of halogens is 1. The van der Waals surface area contributed by atoms with Crippen molar-refractivity contribution in [2.75, 3.05) is 13.2 Å². The summed E-state index contributed by atoms with van der Waals surface area (Å²) in [6, 6.07) is 8.67. The van der Waals surface area contributed by atoms with Crippen LogP contribution in [0.5, 0.6) is 0 Å². The van der Waals surface area contributed by atoms with Crippen molar-refractivity contribution < 1.29 is 4.74 Å². The first kappa shape index (κ1) is 14.0. The second kappa shape index (κ2) is 6.69. The van der Waals surface area contributed by atoms with E-state index in [9.17, 15) is 0 Å². The molecule has 0 radical (unpaired) electrons. The van der Waals surface area contributed by atoms with E-state index in [1.807, 2.05) is 16.8 Å². The molecule has 0 spiro atoms. The molecule has 1 aliphatic rings. The van der Waals surface area contributed by atoms with E-state index >= 15 is 0 Å². The second-order valence-corrected chi connectivity index (χ2v) is 6.53. The molecule has 106 valence electrons. The molecular formula is C13H15BrN4OS. The molecule has 20 heavy (non-hydrogen) atoms. The van der Waals surface area contributed by atoms with Gasteiger partial charge in [-0.15, -0.1) is 5.10 Å². The highest BCUT2D eigenvalue weighted by molar-refractivity contribution is 9.10. The summed E-state index contributed by atoms with van der Waals surface area (Å²) >= 11 is 5.16. The van der Waals surface area contributed by atoms with Crippen molar-refractivity contribution in [2.24, 2.45) is 0 Å². The number of rotatable bonds is 4. The SMILES string of the molecule is Brc1cccc(CSc2nnnn2C2CCOCC2)c1. The Morgan fingerprint density at radius 1 is 1.35 bits per heavy atom. The third-order valence-electron chi connectivity index (χ3n) is 3.26. The fraction of sp³-hybridized carbons (Fsp3) is 0.462. The number of aromatic nitrogens is 4. The Kier molecular flexibility index (Phi) is 4.69. The van der Waals surface area contributed by atoms with Crippen LogP contribution in [-0.4, -0.2) is 33.4 Å². The van der Waals surface area contributed by atoms with Gasteiger partial charge in [-0.3, -0.25) is 0 Å². The van der Waals surface area contributed by atoms with Crippen LogP contribution < -0.4 is 0 Å². The number of hydrogen-bond acceptors (Lipinski definition) is 5. The van der Waals surface area contributed by atoms with Crippen LogP contribution in [0.2, 0.25) is 0 Å². The summed E-state index contributed by atoms with van der Waals surface area (Å²) in [4.78, 5) is 0. The van der Waals surface area contributed by atoms with Gasteiger partial charge in [0.05, 0.1) is 6.04 Å². The molecule has 0 N–H and O–H groups in total. The molecule has 0 saturated carbocycles. The van der Waals surface area contributed by atoms with Crippen molar-refractivity contribution in [3.63, 3.8) is 0 Å². The van der Waals surface area contributed by atoms with Gasteiger partial charge in [-0.2, -0.15) is 0 Å². The predicted octanol–water partition coefficient (Wildman–Crippen LogP) is 3.08. The molecule has 0 atom stereocenters. The lowest BCUT2D eigenvalue weighted by molar-refractivity contribution is 0.0631. The van der Waals surface area contributed by atoms with Crippen LogP contribution >= 0.6 is 27.7 Å². The molecular weight excluding hydrogens is 340 g/mol. The van der Waals surface area contributed by atoms with E-state index in [-0.39, 0.29) is 0 Å². The third-order valence-corrected chi connectivity index (χ3v) is 4.75. The minimum Gasteiger partial charge on any atom is -0.381 e. The van der Waals surface area contributed by atoms with E-state index in [0.29, 0.717) is 6.04 Å². The van der Waals surface area contributed by atoms with Gasteiger partial charge in [-0.25, -0.2) is 4.68 Å². The zero-order chi connectivity index (χ0) is 13.8. The van der Waals surface area contributed by atoms with Crippen molar-refractivity contribution >= 4 is 27.7 Å². The molecule has 1 aromatic carbocycles. The van der Waals surface area contributed by atoms with Gasteiger partial charge >= 0.3 is 0 Å². The number of hydrogen-bond donors (Lipinski definition) is 0. The van der Waals surface area contributed by atoms with E-state index in [1.54, 1.807) is 11.8 Å². The quantitative estimate of drug-likeness (QED) is 0.789. The summed E-state index contributed by atoms with van der Waals surface area (Å²) < 4.78 is 8.43. The maximum atomic E-state index is 5.39. The van der Waals surface area contributed by atoms with Gasteiger partial charge in [0.1, 0.15) is 0 Å². The molecule has 1 saturated heterocycles. The largest absolute Gasteiger partial charge is 0.381 e. The lowest BCUT2D eigenvalue weighted by Crippen LogP contribution is -2.21. The number of tetrazole rings is 1. The fourth-order valence-corrected chi connectivity index (χ4v) is 3.55. The molecule has 1 aromatic heterocycles. The molecule has 0 bridgehead atoms. The van der Waals surface area contributed by atoms with Crippen LogP contribution in [0.25, 0.3) is 0 Å². The van der Waals surface area contributed by atoms with Gasteiger partial charge in [-0.1, -0.05) is 39.8 Å². The lowest BCUT2D eigenvalue weighted by Gasteiger charge is -2.22. The predicted molar refractivity (Wildman–Crippen MR) is 80.6 cm³/mol. The van der Waals surface area contributed by atoms with E-state index < -0.39 is 0 Å². The van der Waals surface area contributed by atoms with Gasteiger partial charge in [0, 0.05) is 23.4 Å². The summed E-state index contributed by atoms with van der Waals surface area (Å²) in [5.41, 5.74) is 1.26. The molecule has 2 heterocycles. The Morgan fingerprint density at radius 3 is 3.00 bits per heavy atom. The van der Waals surface area contributed by atoms with Gasteiger partial charge in [0.2, 0.25) is 5.16 Å². The van der Waals surface area contributed by atoms with Crippen molar-refractivity contribution in [3.05, 3.63) is 34.3 Å². The second-order valence-electron chi connectivity index (χ2n) is 4.67. The molecule has 0 amide bonds. The van der Waals surface area contributed by atoms with Crippen LogP contribution in [-0.2, 0) is 10.5 Å². The van der Waals surface area contributed by atoms with Crippen LogP contribution in [0, 0.1) is 0 Å². The van der Waals surface area contributed by atoms with Crippen molar-refractivity contribution in [3.8, 4) is 0 Å². The van der Waals surface area contributed by atoms with Gasteiger partial charge in [0.25, 0.3) is 0 Å². The molecule has 1 aliphatic heterocycles. The standard InChI is InChI=1S/C13H15BrN4OS/c14-11-3-1-2-10(8-11)9-20-13-15-16-17-18(13)12-4-6-19-7-5-12/h1-3,8,12H,4-7,9H2. The first-order valence-corrected chi connectivity index (χ1v) is 8.33. The number of thioether (sulfide) groups is 1. The normalized spacial score (nSPS) is 16.4. The van der Waals surface area contributed by atoms with Gasteiger partial charge < -0.3 is 4.74 Å². The fourth-order valence-electron chi connectivity index (χ4n) is 2.21. The summed E-state index contributed by atoms with van der Waals surface area (Å²) in [5.74, 6) is 0.864. The summed E-state index contributed by atoms with van der Waals surface area (Å²) in [5, 5.41) is 13.0. The Hall–Kier alpha value is -0.920. The first-order valence-electron chi connectivity index (χ1n) is 6.56. The Balaban J connectivity index is 1.67. The number of nitrogens with zero attached hydrogens (tertiary/aromatic N) is 4. The number of ether oxygens (including phenoxy) is 1. The van der Waals surface area contributed by atoms with Crippen LogP contribution in [0.15, 0.2) is 33.9 Å². The Labute approximate surface area is 130 Å². The third kappa shape index (κ3) is 3.39. The minimum absolute atomic E-state index is 0.365. The monoisotopic (exact) mass is 354 g/mol. The van der Waals surface area contributed by atoms with Gasteiger partial charge in [-0.05, 0) is 41.0 Å². The van der Waals surface area contributed by atoms with E-state index in [4.69, 9.17) is 4.74 Å². The summed E-state index contributed by atoms with van der Waals surface area (Å²) in [7, 11) is 0. The van der Waals surface area contributed by atoms with Crippen molar-refractivity contribution in [1.82, 2.24) is 20.2 Å². The molecule has 2 aromatic rings. The molecule has 7 heteroatoms. The van der Waals surface area contributed by atoms with E-state index in [2.05, 4.69) is 43.6 Å². The zero-order valence-electron chi connectivity index (χ0n) is 10.9. The van der Waals surface area contributed by atoms with Crippen LogP contribution in [0.4, 0.5) is 0 Å². The van der Waals surface area contributed by atoms with Gasteiger partial charge in [0.15, 0.2) is 0 Å².